The molecule has 3 aromatic heterocycles. The van der Waals surface area contributed by atoms with Crippen molar-refractivity contribution in [3.63, 3.8) is 0 Å². The highest BCUT2D eigenvalue weighted by Crippen LogP contribution is 2.29. The lowest BCUT2D eigenvalue weighted by Gasteiger charge is -2.11. The lowest BCUT2D eigenvalue weighted by atomic mass is 10.1. The Bertz CT molecular complexity index is 1870. The Labute approximate surface area is 214 Å². The first kappa shape index (κ1) is 22.7. The molecule has 0 saturated carbocycles. The number of hydrogen-bond acceptors (Lipinski definition) is 6. The van der Waals surface area contributed by atoms with Gasteiger partial charge in [0.15, 0.2) is 17.8 Å². The van der Waals surface area contributed by atoms with Crippen LogP contribution in [0.2, 0.25) is 5.02 Å². The SMILES string of the molecule is Cc1nn2c(nnc3c(=O)n(NC(=O)COc4cccc5ccccc45)ccc32)c1-c1ccc(Cl)cc1. The summed E-state index contributed by atoms with van der Waals surface area (Å²) in [5, 5.41) is 15.6. The summed E-state index contributed by atoms with van der Waals surface area (Å²) in [7, 11) is 0. The third-order valence-corrected chi connectivity index (χ3v) is 6.29. The van der Waals surface area contributed by atoms with Gasteiger partial charge in [-0.15, -0.1) is 10.2 Å². The molecule has 0 radical (unpaired) electrons. The molecule has 3 aromatic carbocycles. The summed E-state index contributed by atoms with van der Waals surface area (Å²) in [5.41, 5.74) is 5.47. The minimum Gasteiger partial charge on any atom is -0.483 e. The van der Waals surface area contributed by atoms with E-state index in [4.69, 9.17) is 16.3 Å². The molecule has 0 atom stereocenters. The highest BCUT2D eigenvalue weighted by molar-refractivity contribution is 6.30. The molecule has 6 aromatic rings. The Morgan fingerprint density at radius 1 is 1.00 bits per heavy atom. The predicted molar refractivity (Wildman–Crippen MR) is 142 cm³/mol. The number of ether oxygens (including phenoxy) is 1. The van der Waals surface area contributed by atoms with Crippen LogP contribution in [-0.4, -0.2) is 37.0 Å². The van der Waals surface area contributed by atoms with Gasteiger partial charge in [-0.3, -0.25) is 15.0 Å². The highest BCUT2D eigenvalue weighted by Gasteiger charge is 2.18. The van der Waals surface area contributed by atoms with E-state index in [-0.39, 0.29) is 12.1 Å². The number of benzene rings is 3. The quantitative estimate of drug-likeness (QED) is 0.369. The molecule has 0 unspecified atom stereocenters. The van der Waals surface area contributed by atoms with Gasteiger partial charge in [-0.2, -0.15) is 5.10 Å². The summed E-state index contributed by atoms with van der Waals surface area (Å²) >= 11 is 6.03. The van der Waals surface area contributed by atoms with Crippen molar-refractivity contribution in [1.29, 1.82) is 0 Å². The van der Waals surface area contributed by atoms with Crippen LogP contribution in [-0.2, 0) is 4.79 Å². The van der Waals surface area contributed by atoms with Gasteiger partial charge in [0.1, 0.15) is 11.3 Å². The number of pyridine rings is 1. The number of aryl methyl sites for hydroxylation is 1. The zero-order valence-electron chi connectivity index (χ0n) is 19.6. The maximum atomic E-state index is 13.1. The number of carbonyl (C=O) groups is 1. The van der Waals surface area contributed by atoms with Crippen molar-refractivity contribution in [2.75, 3.05) is 12.0 Å². The second-order valence-corrected chi connectivity index (χ2v) is 8.86. The number of rotatable bonds is 5. The molecule has 0 aliphatic rings. The molecule has 6 rings (SSSR count). The van der Waals surface area contributed by atoms with Crippen LogP contribution in [0.1, 0.15) is 5.69 Å². The molecule has 1 N–H and O–H groups in total. The normalized spacial score (nSPS) is 11.3. The molecular weight excluding hydrogens is 492 g/mol. The molecule has 1 amide bonds. The Balaban J connectivity index is 1.28. The van der Waals surface area contributed by atoms with Crippen molar-refractivity contribution in [2.45, 2.75) is 6.92 Å². The topological polar surface area (TPSA) is 103 Å². The van der Waals surface area contributed by atoms with Crippen LogP contribution in [0.15, 0.2) is 83.8 Å². The summed E-state index contributed by atoms with van der Waals surface area (Å²) < 4.78 is 8.37. The minimum absolute atomic E-state index is 0.0652. The fourth-order valence-corrected chi connectivity index (χ4v) is 4.45. The van der Waals surface area contributed by atoms with Crippen LogP contribution in [0, 0.1) is 6.92 Å². The summed E-state index contributed by atoms with van der Waals surface area (Å²) in [6.45, 7) is 1.59. The number of halogens is 1. The zero-order valence-corrected chi connectivity index (χ0v) is 20.3. The number of carbonyl (C=O) groups excluding carboxylic acids is 1. The van der Waals surface area contributed by atoms with Crippen molar-refractivity contribution in [1.82, 2.24) is 24.5 Å². The van der Waals surface area contributed by atoms with E-state index >= 15 is 0 Å². The molecule has 0 saturated heterocycles. The van der Waals surface area contributed by atoms with Gasteiger partial charge in [0, 0.05) is 16.6 Å². The van der Waals surface area contributed by atoms with Gasteiger partial charge in [-0.05, 0) is 42.1 Å². The Kier molecular flexibility index (Phi) is 5.54. The summed E-state index contributed by atoms with van der Waals surface area (Å²) in [6.07, 6.45) is 1.46. The van der Waals surface area contributed by atoms with Crippen LogP contribution >= 0.6 is 11.6 Å². The number of fused-ring (bicyclic) bond motifs is 4. The fourth-order valence-electron chi connectivity index (χ4n) is 4.33. The van der Waals surface area contributed by atoms with Crippen molar-refractivity contribution < 1.29 is 9.53 Å². The predicted octanol–water partition coefficient (Wildman–Crippen LogP) is 4.37. The molecule has 182 valence electrons. The van der Waals surface area contributed by atoms with Gasteiger partial charge < -0.3 is 4.74 Å². The van der Waals surface area contributed by atoms with E-state index in [0.717, 1.165) is 32.3 Å². The molecule has 0 bridgehead atoms. The van der Waals surface area contributed by atoms with Gasteiger partial charge in [0.2, 0.25) is 0 Å². The lowest BCUT2D eigenvalue weighted by Crippen LogP contribution is -2.35. The number of nitrogens with zero attached hydrogens (tertiary/aromatic N) is 5. The van der Waals surface area contributed by atoms with Gasteiger partial charge in [0.05, 0.1) is 11.3 Å². The summed E-state index contributed by atoms with van der Waals surface area (Å²) in [6, 6.07) is 22.3. The van der Waals surface area contributed by atoms with E-state index in [1.54, 1.807) is 28.8 Å². The van der Waals surface area contributed by atoms with E-state index in [1.807, 2.05) is 55.5 Å². The maximum absolute atomic E-state index is 13.1. The Hall–Kier alpha value is -4.76. The lowest BCUT2D eigenvalue weighted by molar-refractivity contribution is -0.119. The van der Waals surface area contributed by atoms with Crippen molar-refractivity contribution in [3.8, 4) is 16.9 Å². The van der Waals surface area contributed by atoms with E-state index in [1.165, 1.54) is 6.20 Å². The second kappa shape index (κ2) is 9.03. The molecular formula is C27H19ClN6O3. The first-order valence-electron chi connectivity index (χ1n) is 11.4. The van der Waals surface area contributed by atoms with E-state index < -0.39 is 11.5 Å². The van der Waals surface area contributed by atoms with Crippen molar-refractivity contribution >= 4 is 45.0 Å². The van der Waals surface area contributed by atoms with Crippen LogP contribution in [0.4, 0.5) is 0 Å². The Morgan fingerprint density at radius 3 is 2.62 bits per heavy atom. The minimum atomic E-state index is -0.536. The monoisotopic (exact) mass is 510 g/mol. The largest absolute Gasteiger partial charge is 0.483 e. The van der Waals surface area contributed by atoms with Gasteiger partial charge in [0.25, 0.3) is 11.5 Å². The Morgan fingerprint density at radius 2 is 1.78 bits per heavy atom. The van der Waals surface area contributed by atoms with Crippen molar-refractivity contribution in [3.05, 3.63) is 100 Å². The van der Waals surface area contributed by atoms with Crippen molar-refractivity contribution in [2.24, 2.45) is 0 Å². The van der Waals surface area contributed by atoms with Crippen LogP contribution < -0.4 is 15.7 Å². The standard InChI is InChI=1S/C27H19ClN6O3/c1-16-24(18-9-11-19(28)12-10-18)26-30-29-25-21(34(26)31-16)13-14-33(27(25)36)32-23(35)15-37-22-8-4-6-17-5-2-3-7-20(17)22/h2-14H,15H2,1H3,(H,32,35). The van der Waals surface area contributed by atoms with E-state index in [2.05, 4.69) is 20.7 Å². The third-order valence-electron chi connectivity index (χ3n) is 6.04. The van der Waals surface area contributed by atoms with E-state index in [9.17, 15) is 9.59 Å². The average Bonchev–Trinajstić information content (AvgIpc) is 3.25. The molecule has 0 spiro atoms. The van der Waals surface area contributed by atoms with Crippen LogP contribution in [0.3, 0.4) is 0 Å². The maximum Gasteiger partial charge on any atom is 0.299 e. The van der Waals surface area contributed by atoms with Gasteiger partial charge in [-0.1, -0.05) is 60.1 Å². The number of hydrogen-bond donors (Lipinski definition) is 1. The summed E-state index contributed by atoms with van der Waals surface area (Å²) in [5.74, 6) is 0.0845. The van der Waals surface area contributed by atoms with Gasteiger partial charge in [-0.25, -0.2) is 9.19 Å². The zero-order chi connectivity index (χ0) is 25.5. The highest BCUT2D eigenvalue weighted by atomic mass is 35.5. The molecule has 0 fully saturated rings. The molecule has 3 heterocycles. The van der Waals surface area contributed by atoms with E-state index in [0.29, 0.717) is 21.9 Å². The first-order chi connectivity index (χ1) is 18.0. The molecule has 37 heavy (non-hydrogen) atoms. The van der Waals surface area contributed by atoms with Crippen LogP contribution in [0.5, 0.6) is 5.75 Å². The number of amides is 1. The smallest absolute Gasteiger partial charge is 0.299 e. The molecule has 10 heteroatoms. The summed E-state index contributed by atoms with van der Waals surface area (Å²) in [4.78, 5) is 25.7. The molecule has 9 nitrogen and oxygen atoms in total. The molecule has 0 aliphatic carbocycles. The first-order valence-corrected chi connectivity index (χ1v) is 11.8. The number of aromatic nitrogens is 5. The van der Waals surface area contributed by atoms with Crippen LogP contribution in [0.25, 0.3) is 38.6 Å². The van der Waals surface area contributed by atoms with Gasteiger partial charge >= 0.3 is 0 Å². The average molecular weight is 511 g/mol. The third kappa shape index (κ3) is 4.05. The second-order valence-electron chi connectivity index (χ2n) is 8.43. The molecule has 0 aliphatic heterocycles. The number of nitrogens with one attached hydrogen (secondary N) is 1. The fraction of sp³-hybridized carbons (Fsp3) is 0.0741.